The first kappa shape index (κ1) is 6.59. The molecule has 0 N–H and O–H groups in total. The largest absolute Gasteiger partial charge is 0.359 e. The van der Waals surface area contributed by atoms with E-state index in [1.54, 1.807) is 0 Å². The van der Waals surface area contributed by atoms with Gasteiger partial charge < -0.3 is 14.3 Å². The summed E-state index contributed by atoms with van der Waals surface area (Å²) in [7, 11) is 1.48. The van der Waals surface area contributed by atoms with Gasteiger partial charge in [0.15, 0.2) is 6.29 Å². The van der Waals surface area contributed by atoms with Crippen LogP contribution in [0.3, 0.4) is 0 Å². The highest BCUT2D eigenvalue weighted by molar-refractivity contribution is 5.58. The van der Waals surface area contributed by atoms with E-state index in [2.05, 4.69) is 9.47 Å². The van der Waals surface area contributed by atoms with Crippen molar-refractivity contribution in [3.8, 4) is 0 Å². The number of rotatable bonds is 4. The fourth-order valence-corrected chi connectivity index (χ4v) is 0.147. The Bertz CT molecular complexity index is 44.2. The number of methoxy groups -OCH3 is 1. The van der Waals surface area contributed by atoms with Gasteiger partial charge >= 0.3 is 0 Å². The van der Waals surface area contributed by atoms with Crippen LogP contribution in [0.25, 0.3) is 0 Å². The molecule has 0 spiro atoms. The lowest BCUT2D eigenvalue weighted by molar-refractivity contribution is -0.110. The lowest BCUT2D eigenvalue weighted by atomic mass is 10.8. The van der Waals surface area contributed by atoms with Crippen LogP contribution in [0.15, 0.2) is 0 Å². The van der Waals surface area contributed by atoms with Crippen LogP contribution in [-0.2, 0) is 14.3 Å². The van der Waals surface area contributed by atoms with Crippen LogP contribution in [0.1, 0.15) is 0 Å². The topological polar surface area (TPSA) is 35.5 Å². The Hall–Kier alpha value is -0.410. The smallest absolute Gasteiger partial charge is 0.152 e. The molecule has 0 aromatic carbocycles. The molecule has 0 aromatic heterocycles. The Balaban J connectivity index is 2.56. The summed E-state index contributed by atoms with van der Waals surface area (Å²) in [6.07, 6.45) is 0.555. The summed E-state index contributed by atoms with van der Waals surface area (Å²) in [6, 6.07) is 0. The average molecular weight is 103 g/mol. The second-order valence-corrected chi connectivity index (χ2v) is 0.845. The Kier molecular flexibility index (Phi) is 5.26. The lowest BCUT2D eigenvalue weighted by Gasteiger charge is -1.91. The minimum atomic E-state index is 0.138. The van der Waals surface area contributed by atoms with E-state index >= 15 is 0 Å². The van der Waals surface area contributed by atoms with E-state index in [4.69, 9.17) is 0 Å². The zero-order valence-electron chi connectivity index (χ0n) is 4.09. The Morgan fingerprint density at radius 2 is 2.43 bits per heavy atom. The molecule has 0 bridgehead atoms. The maximum atomic E-state index is 9.44. The van der Waals surface area contributed by atoms with Crippen molar-refractivity contribution in [2.45, 2.75) is 0 Å². The quantitative estimate of drug-likeness (QED) is 0.284. The second-order valence-electron chi connectivity index (χ2n) is 0.845. The predicted octanol–water partition coefficient (Wildman–Crippen LogP) is -0.0324. The number of carbonyl (C=O) groups is 1. The van der Waals surface area contributed by atoms with E-state index in [9.17, 15) is 4.79 Å². The fourth-order valence-electron chi connectivity index (χ4n) is 0.147. The maximum Gasteiger partial charge on any atom is 0.152 e. The molecule has 0 atom stereocenters. The minimum absolute atomic E-state index is 0.138. The molecular formula is C4H7O3. The highest BCUT2D eigenvalue weighted by Crippen LogP contribution is 1.73. The van der Waals surface area contributed by atoms with Crippen LogP contribution in [0.4, 0.5) is 0 Å². The molecule has 0 aliphatic rings. The first-order valence-corrected chi connectivity index (χ1v) is 1.79. The molecule has 0 rings (SSSR count). The number of ether oxygens (including phenoxy) is 2. The van der Waals surface area contributed by atoms with Gasteiger partial charge in [0.05, 0.1) is 0 Å². The zero-order chi connectivity index (χ0) is 5.54. The van der Waals surface area contributed by atoms with Gasteiger partial charge in [0, 0.05) is 7.11 Å². The Morgan fingerprint density at radius 1 is 1.71 bits per heavy atom. The van der Waals surface area contributed by atoms with Crippen molar-refractivity contribution < 1.29 is 14.3 Å². The summed E-state index contributed by atoms with van der Waals surface area (Å²) in [4.78, 5) is 9.44. The third-order valence-corrected chi connectivity index (χ3v) is 0.338. The summed E-state index contributed by atoms with van der Waals surface area (Å²) in [5.41, 5.74) is 0. The highest BCUT2D eigenvalue weighted by Gasteiger charge is 1.78. The first-order valence-electron chi connectivity index (χ1n) is 1.79. The van der Waals surface area contributed by atoms with Crippen LogP contribution in [-0.4, -0.2) is 20.2 Å². The summed E-state index contributed by atoms with van der Waals surface area (Å²) < 4.78 is 8.85. The maximum absolute atomic E-state index is 9.44. The van der Waals surface area contributed by atoms with Crippen LogP contribution in [0, 0.1) is 6.61 Å². The molecule has 0 unspecified atom stereocenters. The summed E-state index contributed by atoms with van der Waals surface area (Å²) in [5.74, 6) is 0. The monoisotopic (exact) mass is 103 g/mol. The van der Waals surface area contributed by atoms with Gasteiger partial charge in [-0.3, -0.25) is 0 Å². The molecule has 0 aliphatic heterocycles. The standard InChI is InChI=1S/C4H7O3/c1-6-4-7-3-2-5/h2-3H,4H2,1H3. The first-order chi connectivity index (χ1) is 3.41. The second kappa shape index (κ2) is 5.59. The molecule has 0 aromatic rings. The molecule has 0 amide bonds. The van der Waals surface area contributed by atoms with Gasteiger partial charge in [0.1, 0.15) is 13.4 Å². The lowest BCUT2D eigenvalue weighted by Crippen LogP contribution is -1.92. The fraction of sp³-hybridized carbons (Fsp3) is 0.500. The van der Waals surface area contributed by atoms with Gasteiger partial charge in [-0.1, -0.05) is 0 Å². The number of hydrogen-bond acceptors (Lipinski definition) is 3. The molecule has 0 saturated carbocycles. The summed E-state index contributed by atoms with van der Waals surface area (Å²) in [6.45, 7) is 1.17. The van der Waals surface area contributed by atoms with Gasteiger partial charge in [0.2, 0.25) is 0 Å². The third-order valence-electron chi connectivity index (χ3n) is 0.338. The van der Waals surface area contributed by atoms with Gasteiger partial charge in [-0.15, -0.1) is 0 Å². The van der Waals surface area contributed by atoms with Crippen molar-refractivity contribution in [1.29, 1.82) is 0 Å². The van der Waals surface area contributed by atoms with E-state index in [0.29, 0.717) is 6.29 Å². The van der Waals surface area contributed by atoms with Crippen LogP contribution >= 0.6 is 0 Å². The van der Waals surface area contributed by atoms with Gasteiger partial charge in [-0.05, 0) is 0 Å². The molecule has 0 heterocycles. The van der Waals surface area contributed by atoms with Gasteiger partial charge in [-0.2, -0.15) is 0 Å². The molecule has 41 valence electrons. The number of carbonyl (C=O) groups excluding carboxylic acids is 1. The molecule has 7 heavy (non-hydrogen) atoms. The van der Waals surface area contributed by atoms with Gasteiger partial charge in [-0.25, -0.2) is 0 Å². The molecule has 0 saturated heterocycles. The van der Waals surface area contributed by atoms with Crippen molar-refractivity contribution in [2.75, 3.05) is 13.9 Å². The normalized spacial score (nSPS) is 8.71. The van der Waals surface area contributed by atoms with Crippen molar-refractivity contribution in [2.24, 2.45) is 0 Å². The molecule has 0 aliphatic carbocycles. The van der Waals surface area contributed by atoms with E-state index in [0.717, 1.165) is 6.61 Å². The predicted molar refractivity (Wildman–Crippen MR) is 23.3 cm³/mol. The third kappa shape index (κ3) is 5.59. The van der Waals surface area contributed by atoms with E-state index in [1.807, 2.05) is 0 Å². The highest BCUT2D eigenvalue weighted by atomic mass is 16.7. The van der Waals surface area contributed by atoms with Crippen LogP contribution in [0.2, 0.25) is 0 Å². The van der Waals surface area contributed by atoms with Crippen LogP contribution in [0.5, 0.6) is 0 Å². The Morgan fingerprint density at radius 3 is 2.86 bits per heavy atom. The summed E-state index contributed by atoms with van der Waals surface area (Å²) >= 11 is 0. The van der Waals surface area contributed by atoms with E-state index in [1.165, 1.54) is 7.11 Å². The van der Waals surface area contributed by atoms with E-state index in [-0.39, 0.29) is 6.79 Å². The molecule has 1 radical (unpaired) electrons. The van der Waals surface area contributed by atoms with Crippen molar-refractivity contribution in [3.63, 3.8) is 0 Å². The SMILES string of the molecule is COCO[CH]C=O. The number of hydrogen-bond donors (Lipinski definition) is 0. The molecule has 3 heteroatoms. The minimum Gasteiger partial charge on any atom is -0.359 e. The van der Waals surface area contributed by atoms with Crippen molar-refractivity contribution in [3.05, 3.63) is 6.61 Å². The van der Waals surface area contributed by atoms with Crippen molar-refractivity contribution >= 4 is 6.29 Å². The average Bonchev–Trinajstić information content (AvgIpc) is 1.69. The van der Waals surface area contributed by atoms with E-state index < -0.39 is 0 Å². The molecule has 3 nitrogen and oxygen atoms in total. The Labute approximate surface area is 42.2 Å². The van der Waals surface area contributed by atoms with Crippen LogP contribution < -0.4 is 0 Å². The van der Waals surface area contributed by atoms with Gasteiger partial charge in [0.25, 0.3) is 0 Å². The molecule has 0 fully saturated rings. The molecular weight excluding hydrogens is 96.0 g/mol. The number of aldehydes is 1. The zero-order valence-corrected chi connectivity index (χ0v) is 4.09. The summed E-state index contributed by atoms with van der Waals surface area (Å²) in [5, 5.41) is 0. The van der Waals surface area contributed by atoms with Crippen molar-refractivity contribution in [1.82, 2.24) is 0 Å².